The molecule has 0 fully saturated rings. The summed E-state index contributed by atoms with van der Waals surface area (Å²) in [5.74, 6) is 1.10. The van der Waals surface area contributed by atoms with Gasteiger partial charge in [0.25, 0.3) is 0 Å². The smallest absolute Gasteiger partial charge is 0.110 e. The van der Waals surface area contributed by atoms with E-state index in [2.05, 4.69) is 33.6 Å². The van der Waals surface area contributed by atoms with Crippen LogP contribution in [0.4, 0.5) is 5.69 Å². The van der Waals surface area contributed by atoms with Crippen molar-refractivity contribution < 1.29 is 0 Å². The largest absolute Gasteiger partial charge is 0.374 e. The van der Waals surface area contributed by atoms with E-state index in [1.165, 1.54) is 11.3 Å². The standard InChI is InChI=1S/C14H20N4/c1-17(9-7-14-16-8-10-18(14)2)13-6-4-3-5-12(13)11-15/h3-6,8,10H,7,9,11,15H2,1-2H3. The molecule has 0 aliphatic rings. The van der Waals surface area contributed by atoms with Gasteiger partial charge in [0.2, 0.25) is 0 Å². The zero-order chi connectivity index (χ0) is 13.0. The van der Waals surface area contributed by atoms with Gasteiger partial charge in [0.05, 0.1) is 0 Å². The maximum atomic E-state index is 5.76. The van der Waals surface area contributed by atoms with Gasteiger partial charge in [0, 0.05) is 51.7 Å². The van der Waals surface area contributed by atoms with E-state index in [4.69, 9.17) is 5.73 Å². The van der Waals surface area contributed by atoms with E-state index in [0.29, 0.717) is 6.54 Å². The number of aryl methyl sites for hydroxylation is 1. The monoisotopic (exact) mass is 244 g/mol. The Morgan fingerprint density at radius 1 is 1.33 bits per heavy atom. The highest BCUT2D eigenvalue weighted by Gasteiger charge is 2.07. The molecule has 4 nitrogen and oxygen atoms in total. The zero-order valence-electron chi connectivity index (χ0n) is 11.0. The first kappa shape index (κ1) is 12.6. The molecular weight excluding hydrogens is 224 g/mol. The number of nitrogens with two attached hydrogens (primary N) is 1. The molecule has 1 heterocycles. The fourth-order valence-electron chi connectivity index (χ4n) is 2.08. The zero-order valence-corrected chi connectivity index (χ0v) is 11.0. The van der Waals surface area contributed by atoms with Crippen molar-refractivity contribution in [3.8, 4) is 0 Å². The van der Waals surface area contributed by atoms with Crippen LogP contribution in [0.15, 0.2) is 36.7 Å². The Kier molecular flexibility index (Phi) is 3.99. The Morgan fingerprint density at radius 3 is 2.78 bits per heavy atom. The predicted octanol–water partition coefficient (Wildman–Crippen LogP) is 1.56. The van der Waals surface area contributed by atoms with Crippen LogP contribution in [0.3, 0.4) is 0 Å². The van der Waals surface area contributed by atoms with Crippen molar-refractivity contribution in [3.05, 3.63) is 48.0 Å². The van der Waals surface area contributed by atoms with E-state index in [1.807, 2.05) is 31.6 Å². The molecule has 1 aromatic carbocycles. The first-order valence-corrected chi connectivity index (χ1v) is 6.17. The third-order valence-corrected chi connectivity index (χ3v) is 3.21. The van der Waals surface area contributed by atoms with E-state index in [-0.39, 0.29) is 0 Å². The molecule has 4 heteroatoms. The van der Waals surface area contributed by atoms with Crippen molar-refractivity contribution in [2.45, 2.75) is 13.0 Å². The van der Waals surface area contributed by atoms with Gasteiger partial charge in [-0.15, -0.1) is 0 Å². The van der Waals surface area contributed by atoms with Crippen LogP contribution in [0.1, 0.15) is 11.4 Å². The Hall–Kier alpha value is -1.81. The summed E-state index contributed by atoms with van der Waals surface area (Å²) in [7, 11) is 4.12. The molecule has 0 bridgehead atoms. The van der Waals surface area contributed by atoms with Gasteiger partial charge in [-0.3, -0.25) is 0 Å². The number of aromatic nitrogens is 2. The summed E-state index contributed by atoms with van der Waals surface area (Å²) in [5.41, 5.74) is 8.14. The van der Waals surface area contributed by atoms with Crippen LogP contribution in [-0.2, 0) is 20.0 Å². The van der Waals surface area contributed by atoms with Crippen molar-refractivity contribution in [3.63, 3.8) is 0 Å². The number of hydrogen-bond acceptors (Lipinski definition) is 3. The molecule has 0 aliphatic heterocycles. The Labute approximate surface area is 108 Å². The third-order valence-electron chi connectivity index (χ3n) is 3.21. The van der Waals surface area contributed by atoms with Crippen molar-refractivity contribution >= 4 is 5.69 Å². The maximum absolute atomic E-state index is 5.76. The minimum Gasteiger partial charge on any atom is -0.374 e. The predicted molar refractivity (Wildman–Crippen MR) is 74.5 cm³/mol. The summed E-state index contributed by atoms with van der Waals surface area (Å²) >= 11 is 0. The topological polar surface area (TPSA) is 47.1 Å². The molecule has 1 aromatic heterocycles. The molecule has 0 spiro atoms. The quantitative estimate of drug-likeness (QED) is 0.868. The summed E-state index contributed by atoms with van der Waals surface area (Å²) in [6, 6.07) is 8.26. The second-order valence-corrected chi connectivity index (χ2v) is 4.46. The first-order valence-electron chi connectivity index (χ1n) is 6.17. The SMILES string of the molecule is CN(CCc1nccn1C)c1ccccc1CN. The molecule has 0 unspecified atom stereocenters. The molecule has 0 saturated heterocycles. The van der Waals surface area contributed by atoms with Crippen LogP contribution in [0.2, 0.25) is 0 Å². The highest BCUT2D eigenvalue weighted by atomic mass is 15.1. The number of imidazole rings is 1. The lowest BCUT2D eigenvalue weighted by molar-refractivity contribution is 0.755. The Bertz CT molecular complexity index is 504. The number of anilines is 1. The summed E-state index contributed by atoms with van der Waals surface area (Å²) in [6.45, 7) is 1.50. The number of rotatable bonds is 5. The molecule has 0 saturated carbocycles. The van der Waals surface area contributed by atoms with E-state index in [9.17, 15) is 0 Å². The van der Waals surface area contributed by atoms with E-state index in [1.54, 1.807) is 0 Å². The van der Waals surface area contributed by atoms with Crippen LogP contribution in [0.25, 0.3) is 0 Å². The number of benzene rings is 1. The molecule has 0 amide bonds. The number of nitrogens with zero attached hydrogens (tertiary/aromatic N) is 3. The normalized spacial score (nSPS) is 10.6. The molecule has 0 atom stereocenters. The van der Waals surface area contributed by atoms with Crippen LogP contribution in [0.5, 0.6) is 0 Å². The van der Waals surface area contributed by atoms with Crippen molar-refractivity contribution in [1.82, 2.24) is 9.55 Å². The average Bonchev–Trinajstić information content (AvgIpc) is 2.81. The van der Waals surface area contributed by atoms with Gasteiger partial charge in [0.1, 0.15) is 5.82 Å². The molecule has 0 aliphatic carbocycles. The number of hydrogen-bond donors (Lipinski definition) is 1. The maximum Gasteiger partial charge on any atom is 0.110 e. The second kappa shape index (κ2) is 5.69. The molecule has 18 heavy (non-hydrogen) atoms. The summed E-state index contributed by atoms with van der Waals surface area (Å²) in [5, 5.41) is 0. The summed E-state index contributed by atoms with van der Waals surface area (Å²) in [4.78, 5) is 6.57. The fraction of sp³-hybridized carbons (Fsp3) is 0.357. The number of likely N-dealkylation sites (N-methyl/N-ethyl adjacent to an activating group) is 1. The highest BCUT2D eigenvalue weighted by molar-refractivity contribution is 5.52. The van der Waals surface area contributed by atoms with E-state index >= 15 is 0 Å². The lowest BCUT2D eigenvalue weighted by atomic mass is 10.1. The lowest BCUT2D eigenvalue weighted by Gasteiger charge is -2.21. The first-order chi connectivity index (χ1) is 8.72. The van der Waals surface area contributed by atoms with Gasteiger partial charge in [-0.25, -0.2) is 4.98 Å². The van der Waals surface area contributed by atoms with Crippen LogP contribution in [0, 0.1) is 0 Å². The summed E-state index contributed by atoms with van der Waals surface area (Å²) < 4.78 is 2.06. The van der Waals surface area contributed by atoms with Gasteiger partial charge in [-0.1, -0.05) is 18.2 Å². The number of para-hydroxylation sites is 1. The van der Waals surface area contributed by atoms with Crippen molar-refractivity contribution in [2.75, 3.05) is 18.5 Å². The summed E-state index contributed by atoms with van der Waals surface area (Å²) in [6.07, 6.45) is 4.74. The van der Waals surface area contributed by atoms with Crippen LogP contribution in [-0.4, -0.2) is 23.1 Å². The minimum atomic E-state index is 0.572. The fourth-order valence-corrected chi connectivity index (χ4v) is 2.08. The highest BCUT2D eigenvalue weighted by Crippen LogP contribution is 2.18. The molecular formula is C14H20N4. The Morgan fingerprint density at radius 2 is 2.11 bits per heavy atom. The van der Waals surface area contributed by atoms with Crippen LogP contribution < -0.4 is 10.6 Å². The van der Waals surface area contributed by atoms with E-state index < -0.39 is 0 Å². The molecule has 96 valence electrons. The van der Waals surface area contributed by atoms with Gasteiger partial charge < -0.3 is 15.2 Å². The molecule has 2 aromatic rings. The van der Waals surface area contributed by atoms with E-state index in [0.717, 1.165) is 18.8 Å². The van der Waals surface area contributed by atoms with Crippen molar-refractivity contribution in [2.24, 2.45) is 12.8 Å². The molecule has 2 rings (SSSR count). The second-order valence-electron chi connectivity index (χ2n) is 4.46. The molecule has 2 N–H and O–H groups in total. The minimum absolute atomic E-state index is 0.572. The van der Waals surface area contributed by atoms with Crippen molar-refractivity contribution in [1.29, 1.82) is 0 Å². The Balaban J connectivity index is 2.03. The lowest BCUT2D eigenvalue weighted by Crippen LogP contribution is -2.23. The van der Waals surface area contributed by atoms with Gasteiger partial charge >= 0.3 is 0 Å². The van der Waals surface area contributed by atoms with Gasteiger partial charge in [-0.05, 0) is 11.6 Å². The average molecular weight is 244 g/mol. The van der Waals surface area contributed by atoms with Gasteiger partial charge in [0.15, 0.2) is 0 Å². The third kappa shape index (κ3) is 2.71. The van der Waals surface area contributed by atoms with Gasteiger partial charge in [-0.2, -0.15) is 0 Å². The van der Waals surface area contributed by atoms with Crippen LogP contribution >= 0.6 is 0 Å². The molecule has 0 radical (unpaired) electrons.